The number of thiol groups is 1. The molecule has 0 bridgehead atoms. The lowest BCUT2D eigenvalue weighted by atomic mass is 10.4. The molecule has 1 aliphatic rings. The van der Waals surface area contributed by atoms with Crippen LogP contribution in [0.25, 0.3) is 0 Å². The first-order chi connectivity index (χ1) is 3.84. The van der Waals surface area contributed by atoms with Gasteiger partial charge >= 0.3 is 0 Å². The van der Waals surface area contributed by atoms with Crippen LogP contribution in [-0.4, -0.2) is 11.3 Å². The number of aliphatic hydroxyl groups is 1. The van der Waals surface area contributed by atoms with Crippen LogP contribution < -0.4 is 0 Å². The van der Waals surface area contributed by atoms with Crippen molar-refractivity contribution >= 4 is 18.8 Å². The molecule has 0 aromatic rings. The van der Waals surface area contributed by atoms with Crippen LogP contribution in [0.5, 0.6) is 0 Å². The van der Waals surface area contributed by atoms with Gasteiger partial charge in [-0.15, -0.1) is 12.6 Å². The largest absolute Gasteiger partial charge is 0.506 e. The Balaban J connectivity index is 2.88. The molecule has 0 amide bonds. The van der Waals surface area contributed by atoms with E-state index in [0.717, 1.165) is 0 Å². The van der Waals surface area contributed by atoms with Crippen LogP contribution >= 0.6 is 12.6 Å². The highest BCUT2D eigenvalue weighted by atomic mass is 32.1. The van der Waals surface area contributed by atoms with E-state index in [4.69, 9.17) is 5.11 Å². The number of aliphatic imine (C=N–C) groups is 1. The van der Waals surface area contributed by atoms with E-state index in [1.807, 2.05) is 0 Å². The van der Waals surface area contributed by atoms with Gasteiger partial charge in [0.1, 0.15) is 11.5 Å². The molecular formula is C5H5NOS. The summed E-state index contributed by atoms with van der Waals surface area (Å²) in [7, 11) is 0. The molecule has 0 unspecified atom stereocenters. The summed E-state index contributed by atoms with van der Waals surface area (Å²) in [5, 5.41) is 10.3. The first-order valence-electron chi connectivity index (χ1n) is 2.12. The predicted molar refractivity (Wildman–Crippen MR) is 36.3 cm³/mol. The highest BCUT2D eigenvalue weighted by Crippen LogP contribution is 2.12. The van der Waals surface area contributed by atoms with Gasteiger partial charge in [-0.05, 0) is 5.41 Å². The summed E-state index contributed by atoms with van der Waals surface area (Å²) in [5.74, 6) is 0.181. The highest BCUT2D eigenvalue weighted by molar-refractivity contribution is 7.83. The topological polar surface area (TPSA) is 32.6 Å². The minimum atomic E-state index is 0.181. The second-order valence-corrected chi connectivity index (χ2v) is 1.60. The quantitative estimate of drug-likeness (QED) is 0.472. The van der Waals surface area contributed by atoms with Gasteiger partial charge in [-0.25, -0.2) is 0 Å². The molecule has 2 nitrogen and oxygen atoms in total. The van der Waals surface area contributed by atoms with E-state index in [-0.39, 0.29) is 5.76 Å². The molecule has 0 aromatic carbocycles. The van der Waals surface area contributed by atoms with E-state index in [1.165, 1.54) is 17.7 Å². The average Bonchev–Trinajstić information content (AvgIpc) is 2.14. The Morgan fingerprint density at radius 3 is 2.75 bits per heavy atom. The molecule has 0 atom stereocenters. The number of hydrogen-bond donors (Lipinski definition) is 2. The van der Waals surface area contributed by atoms with E-state index >= 15 is 0 Å². The lowest BCUT2D eigenvalue weighted by molar-refractivity contribution is 0.426. The van der Waals surface area contributed by atoms with Crippen molar-refractivity contribution in [2.24, 2.45) is 4.99 Å². The fourth-order valence-electron chi connectivity index (χ4n) is 0.439. The summed E-state index contributed by atoms with van der Waals surface area (Å²) in [6, 6.07) is 0. The molecule has 1 aliphatic heterocycles. The van der Waals surface area contributed by atoms with Crippen molar-refractivity contribution in [3.8, 4) is 0 Å². The summed E-state index contributed by atoms with van der Waals surface area (Å²) in [6.07, 6.45) is 3.04. The molecule has 0 fully saturated rings. The fourth-order valence-corrected chi connectivity index (χ4v) is 0.638. The first kappa shape index (κ1) is 5.44. The SMILES string of the molecule is OC1=CC=NC1=CS. The van der Waals surface area contributed by atoms with Gasteiger partial charge in [0.05, 0.1) is 0 Å². The van der Waals surface area contributed by atoms with Crippen molar-refractivity contribution in [1.29, 1.82) is 0 Å². The Morgan fingerprint density at radius 2 is 2.50 bits per heavy atom. The summed E-state index contributed by atoms with van der Waals surface area (Å²) in [4.78, 5) is 3.75. The molecule has 0 aromatic heterocycles. The Hall–Kier alpha value is -0.700. The minimum Gasteiger partial charge on any atom is -0.506 e. The van der Waals surface area contributed by atoms with E-state index in [2.05, 4.69) is 17.6 Å². The Kier molecular flexibility index (Phi) is 1.39. The van der Waals surface area contributed by atoms with Crippen LogP contribution in [0.3, 0.4) is 0 Å². The third kappa shape index (κ3) is 0.767. The van der Waals surface area contributed by atoms with Gasteiger partial charge in [-0.1, -0.05) is 0 Å². The molecule has 0 aliphatic carbocycles. The maximum absolute atomic E-state index is 8.81. The van der Waals surface area contributed by atoms with Gasteiger partial charge in [0.15, 0.2) is 0 Å². The predicted octanol–water partition coefficient (Wildman–Crippen LogP) is 1.28. The molecule has 0 saturated heterocycles. The second kappa shape index (κ2) is 2.05. The summed E-state index contributed by atoms with van der Waals surface area (Å²) >= 11 is 3.80. The molecule has 8 heavy (non-hydrogen) atoms. The zero-order valence-corrected chi connectivity index (χ0v) is 4.97. The first-order valence-corrected chi connectivity index (χ1v) is 2.64. The molecule has 3 heteroatoms. The zero-order chi connectivity index (χ0) is 5.98. The van der Waals surface area contributed by atoms with Crippen LogP contribution in [-0.2, 0) is 0 Å². The van der Waals surface area contributed by atoms with Crippen molar-refractivity contribution in [3.63, 3.8) is 0 Å². The monoisotopic (exact) mass is 127 g/mol. The maximum Gasteiger partial charge on any atom is 0.143 e. The lowest BCUT2D eigenvalue weighted by Crippen LogP contribution is -1.75. The van der Waals surface area contributed by atoms with Gasteiger partial charge in [-0.2, -0.15) is 0 Å². The number of rotatable bonds is 0. The maximum atomic E-state index is 8.81. The van der Waals surface area contributed by atoms with Gasteiger partial charge < -0.3 is 5.11 Å². The number of hydrogen-bond acceptors (Lipinski definition) is 3. The molecule has 1 heterocycles. The average molecular weight is 127 g/mol. The second-order valence-electron chi connectivity index (χ2n) is 1.34. The van der Waals surface area contributed by atoms with Crippen molar-refractivity contribution < 1.29 is 5.11 Å². The highest BCUT2D eigenvalue weighted by Gasteiger charge is 2.01. The summed E-state index contributed by atoms with van der Waals surface area (Å²) in [6.45, 7) is 0. The van der Waals surface area contributed by atoms with Gasteiger partial charge in [0.2, 0.25) is 0 Å². The van der Waals surface area contributed by atoms with E-state index in [1.54, 1.807) is 0 Å². The van der Waals surface area contributed by atoms with Crippen molar-refractivity contribution in [2.45, 2.75) is 0 Å². The minimum absolute atomic E-state index is 0.181. The normalized spacial score (nSPS) is 22.1. The third-order valence-electron chi connectivity index (χ3n) is 0.831. The van der Waals surface area contributed by atoms with Crippen molar-refractivity contribution in [1.82, 2.24) is 0 Å². The number of nitrogens with zero attached hydrogens (tertiary/aromatic N) is 1. The zero-order valence-electron chi connectivity index (χ0n) is 4.07. The van der Waals surface area contributed by atoms with Crippen molar-refractivity contribution in [2.75, 3.05) is 0 Å². The Bertz CT molecular complexity index is 181. The van der Waals surface area contributed by atoms with Crippen LogP contribution in [0.2, 0.25) is 0 Å². The molecule has 0 spiro atoms. The van der Waals surface area contributed by atoms with Crippen LogP contribution in [0.1, 0.15) is 0 Å². The van der Waals surface area contributed by atoms with Gasteiger partial charge in [-0.3, -0.25) is 4.99 Å². The standard InChI is InChI=1S/C5H5NOS/c7-5-1-2-6-4(5)3-8/h1-3,7-8H. The molecule has 0 saturated carbocycles. The van der Waals surface area contributed by atoms with Crippen LogP contribution in [0.4, 0.5) is 0 Å². The third-order valence-corrected chi connectivity index (χ3v) is 1.08. The summed E-state index contributed by atoms with van der Waals surface area (Å²) in [5.41, 5.74) is 0.522. The molecule has 1 N–H and O–H groups in total. The number of aliphatic hydroxyl groups excluding tert-OH is 1. The van der Waals surface area contributed by atoms with Crippen molar-refractivity contribution in [3.05, 3.63) is 22.9 Å². The molecule has 0 radical (unpaired) electrons. The van der Waals surface area contributed by atoms with Crippen LogP contribution in [0.15, 0.2) is 27.9 Å². The summed E-state index contributed by atoms with van der Waals surface area (Å²) < 4.78 is 0. The van der Waals surface area contributed by atoms with Crippen LogP contribution in [0, 0.1) is 0 Å². The van der Waals surface area contributed by atoms with E-state index < -0.39 is 0 Å². The van der Waals surface area contributed by atoms with Gasteiger partial charge in [0, 0.05) is 12.3 Å². The Morgan fingerprint density at radius 1 is 1.75 bits per heavy atom. The van der Waals surface area contributed by atoms with Gasteiger partial charge in [0.25, 0.3) is 0 Å². The Labute approximate surface area is 52.7 Å². The number of allylic oxidation sites excluding steroid dienone is 1. The smallest absolute Gasteiger partial charge is 0.143 e. The molecular weight excluding hydrogens is 122 g/mol. The molecule has 1 rings (SSSR count). The van der Waals surface area contributed by atoms with E-state index in [0.29, 0.717) is 5.70 Å². The van der Waals surface area contributed by atoms with E-state index in [9.17, 15) is 0 Å². The fraction of sp³-hybridized carbons (Fsp3) is 0. The molecule has 42 valence electrons. The lowest BCUT2D eigenvalue weighted by Gasteiger charge is -1.87.